The highest BCUT2D eigenvalue weighted by molar-refractivity contribution is 7.11. The van der Waals surface area contributed by atoms with Gasteiger partial charge in [-0.2, -0.15) is 0 Å². The Kier molecular flexibility index (Phi) is 6.40. The Morgan fingerprint density at radius 3 is 2.59 bits per heavy atom. The molecule has 0 aliphatic heterocycles. The minimum absolute atomic E-state index is 0.686. The summed E-state index contributed by atoms with van der Waals surface area (Å²) >= 11 is 1.75. The number of aryl methyl sites for hydroxylation is 2. The first-order valence-electron chi connectivity index (χ1n) is 7.66. The Hall–Kier alpha value is -1.88. The van der Waals surface area contributed by atoms with Gasteiger partial charge in [0.05, 0.1) is 11.6 Å². The van der Waals surface area contributed by atoms with E-state index in [2.05, 4.69) is 65.6 Å². The summed E-state index contributed by atoms with van der Waals surface area (Å²) in [5.41, 5.74) is 2.50. The third kappa shape index (κ3) is 5.48. The number of hydrogen-bond donors (Lipinski definition) is 2. The zero-order valence-corrected chi connectivity index (χ0v) is 14.3. The van der Waals surface area contributed by atoms with Crippen LogP contribution in [0.5, 0.6) is 0 Å². The van der Waals surface area contributed by atoms with Crippen LogP contribution < -0.4 is 10.6 Å². The average Bonchev–Trinajstić information content (AvgIpc) is 2.92. The lowest BCUT2D eigenvalue weighted by molar-refractivity contribution is 0.796. The zero-order chi connectivity index (χ0) is 15.8. The van der Waals surface area contributed by atoms with Gasteiger partial charge in [0.1, 0.15) is 0 Å². The quantitative estimate of drug-likeness (QED) is 0.636. The third-order valence-electron chi connectivity index (χ3n) is 3.19. The molecule has 0 bridgehead atoms. The maximum absolute atomic E-state index is 4.63. The fourth-order valence-electron chi connectivity index (χ4n) is 2.01. The SMILES string of the molecule is CCNC(=NCc1ccc(C)cc1)NCCc1ncc(C)s1. The highest BCUT2D eigenvalue weighted by Crippen LogP contribution is 2.10. The molecule has 4 nitrogen and oxygen atoms in total. The number of aliphatic imine (C=N–C) groups is 1. The van der Waals surface area contributed by atoms with Crippen LogP contribution in [0.25, 0.3) is 0 Å². The molecule has 5 heteroatoms. The van der Waals surface area contributed by atoms with Crippen LogP contribution in [-0.4, -0.2) is 24.0 Å². The van der Waals surface area contributed by atoms with Crippen molar-refractivity contribution in [3.8, 4) is 0 Å². The highest BCUT2D eigenvalue weighted by atomic mass is 32.1. The molecule has 2 aromatic rings. The van der Waals surface area contributed by atoms with Gasteiger partial charge in [-0.1, -0.05) is 29.8 Å². The molecule has 2 rings (SSSR count). The van der Waals surface area contributed by atoms with Gasteiger partial charge in [0.15, 0.2) is 5.96 Å². The largest absolute Gasteiger partial charge is 0.357 e. The van der Waals surface area contributed by atoms with Crippen LogP contribution in [0.1, 0.15) is 27.9 Å². The molecule has 118 valence electrons. The lowest BCUT2D eigenvalue weighted by atomic mass is 10.1. The van der Waals surface area contributed by atoms with Gasteiger partial charge in [-0.15, -0.1) is 11.3 Å². The first-order valence-corrected chi connectivity index (χ1v) is 8.48. The molecule has 0 saturated carbocycles. The molecule has 0 fully saturated rings. The van der Waals surface area contributed by atoms with Crippen molar-refractivity contribution < 1.29 is 0 Å². The van der Waals surface area contributed by atoms with E-state index in [0.717, 1.165) is 25.5 Å². The number of benzene rings is 1. The molecule has 1 aromatic carbocycles. The second-order valence-corrected chi connectivity index (χ2v) is 6.54. The number of aromatic nitrogens is 1. The fourth-order valence-corrected chi connectivity index (χ4v) is 2.80. The number of guanidine groups is 1. The van der Waals surface area contributed by atoms with E-state index in [1.165, 1.54) is 21.0 Å². The van der Waals surface area contributed by atoms with E-state index in [4.69, 9.17) is 0 Å². The molecule has 0 atom stereocenters. The Morgan fingerprint density at radius 2 is 1.95 bits per heavy atom. The van der Waals surface area contributed by atoms with Gasteiger partial charge < -0.3 is 10.6 Å². The smallest absolute Gasteiger partial charge is 0.191 e. The van der Waals surface area contributed by atoms with Gasteiger partial charge >= 0.3 is 0 Å². The molecule has 0 amide bonds. The third-order valence-corrected chi connectivity index (χ3v) is 4.16. The Labute approximate surface area is 136 Å². The minimum Gasteiger partial charge on any atom is -0.357 e. The number of nitrogens with one attached hydrogen (secondary N) is 2. The normalized spacial score (nSPS) is 11.5. The van der Waals surface area contributed by atoms with E-state index < -0.39 is 0 Å². The maximum Gasteiger partial charge on any atom is 0.191 e. The lowest BCUT2D eigenvalue weighted by Gasteiger charge is -2.10. The molecular formula is C17H24N4S. The van der Waals surface area contributed by atoms with Gasteiger partial charge in [0, 0.05) is 30.6 Å². The van der Waals surface area contributed by atoms with Gasteiger partial charge in [-0.25, -0.2) is 9.98 Å². The minimum atomic E-state index is 0.686. The van der Waals surface area contributed by atoms with Crippen molar-refractivity contribution in [2.24, 2.45) is 4.99 Å². The molecule has 2 N–H and O–H groups in total. The van der Waals surface area contributed by atoms with Crippen molar-refractivity contribution in [2.45, 2.75) is 33.7 Å². The molecule has 0 saturated heterocycles. The van der Waals surface area contributed by atoms with Gasteiger partial charge in [0.25, 0.3) is 0 Å². The summed E-state index contributed by atoms with van der Waals surface area (Å²) in [6.07, 6.45) is 2.85. The predicted octanol–water partition coefficient (Wildman–Crippen LogP) is 3.06. The van der Waals surface area contributed by atoms with Crippen molar-refractivity contribution in [1.29, 1.82) is 0 Å². The molecule has 0 radical (unpaired) electrons. The monoisotopic (exact) mass is 316 g/mol. The van der Waals surface area contributed by atoms with E-state index in [9.17, 15) is 0 Å². The molecule has 0 spiro atoms. The van der Waals surface area contributed by atoms with Crippen molar-refractivity contribution in [3.63, 3.8) is 0 Å². The Morgan fingerprint density at radius 1 is 1.18 bits per heavy atom. The van der Waals surface area contributed by atoms with Gasteiger partial charge in [0.2, 0.25) is 0 Å². The summed E-state index contributed by atoms with van der Waals surface area (Å²) in [6.45, 7) is 8.64. The van der Waals surface area contributed by atoms with E-state index in [-0.39, 0.29) is 0 Å². The predicted molar refractivity (Wildman–Crippen MR) is 94.6 cm³/mol. The summed E-state index contributed by atoms with van der Waals surface area (Å²) in [7, 11) is 0. The standard InChI is InChI=1S/C17H24N4S/c1-4-18-17(19-10-9-16-20-11-14(3)22-16)21-12-15-7-5-13(2)6-8-15/h5-8,11H,4,9-10,12H2,1-3H3,(H2,18,19,21). The van der Waals surface area contributed by atoms with E-state index in [1.807, 2.05) is 6.20 Å². The summed E-state index contributed by atoms with van der Waals surface area (Å²) in [5.74, 6) is 0.858. The van der Waals surface area contributed by atoms with Crippen molar-refractivity contribution in [3.05, 3.63) is 51.5 Å². The van der Waals surface area contributed by atoms with Crippen molar-refractivity contribution in [1.82, 2.24) is 15.6 Å². The summed E-state index contributed by atoms with van der Waals surface area (Å²) in [6, 6.07) is 8.49. The maximum atomic E-state index is 4.63. The highest BCUT2D eigenvalue weighted by Gasteiger charge is 2.01. The number of nitrogens with zero attached hydrogens (tertiary/aromatic N) is 2. The van der Waals surface area contributed by atoms with E-state index in [1.54, 1.807) is 11.3 Å². The number of thiazole rings is 1. The van der Waals surface area contributed by atoms with Crippen LogP contribution in [0, 0.1) is 13.8 Å². The molecular weight excluding hydrogens is 292 g/mol. The van der Waals surface area contributed by atoms with Crippen LogP contribution >= 0.6 is 11.3 Å². The first kappa shape index (κ1) is 16.5. The topological polar surface area (TPSA) is 49.3 Å². The second-order valence-electron chi connectivity index (χ2n) is 5.22. The number of rotatable bonds is 6. The molecule has 1 heterocycles. The first-order chi connectivity index (χ1) is 10.7. The van der Waals surface area contributed by atoms with Crippen LogP contribution in [0.3, 0.4) is 0 Å². The molecule has 0 aliphatic rings. The lowest BCUT2D eigenvalue weighted by Crippen LogP contribution is -2.38. The van der Waals surface area contributed by atoms with Crippen molar-refractivity contribution in [2.75, 3.05) is 13.1 Å². The molecule has 0 aliphatic carbocycles. The van der Waals surface area contributed by atoms with Crippen LogP contribution in [0.4, 0.5) is 0 Å². The number of hydrogen-bond acceptors (Lipinski definition) is 3. The van der Waals surface area contributed by atoms with Crippen LogP contribution in [0.2, 0.25) is 0 Å². The second kappa shape index (κ2) is 8.54. The summed E-state index contributed by atoms with van der Waals surface area (Å²) in [5, 5.41) is 7.81. The Bertz CT molecular complexity index is 601. The van der Waals surface area contributed by atoms with E-state index >= 15 is 0 Å². The van der Waals surface area contributed by atoms with Gasteiger partial charge in [-0.05, 0) is 26.3 Å². The summed E-state index contributed by atoms with van der Waals surface area (Å²) < 4.78 is 0. The Balaban J connectivity index is 1.85. The van der Waals surface area contributed by atoms with Crippen LogP contribution in [-0.2, 0) is 13.0 Å². The average molecular weight is 316 g/mol. The molecule has 22 heavy (non-hydrogen) atoms. The van der Waals surface area contributed by atoms with Gasteiger partial charge in [-0.3, -0.25) is 0 Å². The fraction of sp³-hybridized carbons (Fsp3) is 0.412. The van der Waals surface area contributed by atoms with E-state index in [0.29, 0.717) is 6.54 Å². The summed E-state index contributed by atoms with van der Waals surface area (Å²) in [4.78, 5) is 10.3. The molecule has 0 unspecified atom stereocenters. The van der Waals surface area contributed by atoms with Crippen molar-refractivity contribution >= 4 is 17.3 Å². The zero-order valence-electron chi connectivity index (χ0n) is 13.5. The molecule has 1 aromatic heterocycles. The van der Waals surface area contributed by atoms with Crippen LogP contribution in [0.15, 0.2) is 35.5 Å².